The Morgan fingerprint density at radius 3 is 0.774 bits per heavy atom. The van der Waals surface area contributed by atoms with Crippen molar-refractivity contribution in [1.82, 2.24) is 39.9 Å². The molecular weight excluding hydrogens is 2050 g/mol. The number of carbonyl (C=O) groups excluding carboxylic acids is 1. The smallest absolute Gasteiger partial charge is 0.512 e. The summed E-state index contributed by atoms with van der Waals surface area (Å²) >= 11 is 0. The van der Waals surface area contributed by atoms with Crippen LogP contribution in [0, 0.1) is 76.2 Å². The van der Waals surface area contributed by atoms with E-state index in [-0.39, 0.29) is 71.9 Å². The van der Waals surface area contributed by atoms with Gasteiger partial charge in [0.05, 0.1) is 5.76 Å². The van der Waals surface area contributed by atoms with Gasteiger partial charge in [0.2, 0.25) is 0 Å². The third-order valence-electron chi connectivity index (χ3n) is 17.9. The minimum absolute atomic E-state index is 0. The van der Waals surface area contributed by atoms with Gasteiger partial charge in [-0.3, -0.25) is 4.79 Å². The number of aliphatic hydroxyl groups is 1. The number of fused-ring (bicyclic) bond motifs is 2. The molecule has 19 aromatic rings. The Bertz CT molecular complexity index is 5740. The molecule has 8 aromatic heterocycles. The van der Waals surface area contributed by atoms with E-state index in [0.717, 1.165) is 90.1 Å². The molecule has 0 unspecified atom stereocenters. The maximum Gasteiger partial charge on any atom is 3.00 e. The Morgan fingerprint density at radius 2 is 0.524 bits per heavy atom. The molecule has 11 aromatic carbocycles. The molecule has 0 bridgehead atoms. The van der Waals surface area contributed by atoms with E-state index >= 15 is 0 Å². The number of hydrogen-bond donors (Lipinski definition) is 1. The molecule has 10 nitrogen and oxygen atoms in total. The first-order valence-electron chi connectivity index (χ1n) is 39.3. The molecule has 0 aliphatic heterocycles. The van der Waals surface area contributed by atoms with E-state index in [1.807, 2.05) is 298 Å². The van der Waals surface area contributed by atoms with Crippen LogP contribution < -0.4 is 0 Å². The van der Waals surface area contributed by atoms with Crippen molar-refractivity contribution in [1.29, 1.82) is 0 Å². The molecule has 124 heavy (non-hydrogen) atoms. The molecule has 0 fully saturated rings. The van der Waals surface area contributed by atoms with Crippen LogP contribution in [0.25, 0.3) is 123 Å². The summed E-state index contributed by atoms with van der Waals surface area (Å²) in [6, 6.07) is 146. The van der Waals surface area contributed by atoms with Crippen molar-refractivity contribution < 1.29 is 70.2 Å². The van der Waals surface area contributed by atoms with Crippen molar-refractivity contribution in [2.75, 3.05) is 0 Å². The average molecular weight is 2140 g/mol. The van der Waals surface area contributed by atoms with Crippen molar-refractivity contribution in [3.05, 3.63) is 496 Å². The molecule has 0 atom stereocenters. The molecule has 13 heteroatoms. The Kier molecular flexibility index (Phi) is 41.0. The van der Waals surface area contributed by atoms with Gasteiger partial charge in [-0.05, 0) is 136 Å². The standard InChI is InChI=1S/C18H14N.2C15H10N.3C12H10N.2C11H8N.C5H8O2.3Ir/c1-14-5-7-15(8-6-14)16-9-11-17(12-10-16)18-4-2-3-13-19-18;2*1-2-7-13(8-3-1)15-14-9-5-4-6-12(14)10-11-16-15;3*1-10-5-7-11(8-6-10)12-4-2-3-9-13-12;2*1-2-6-10(7-3-1)11-8-4-5-9-12-11;1-4(6)3-5(2)7;;;/h2-11,13H,1H3;2*1-7,9-11H;3*2-7,9H,1H3;2*1-6,8-9H;3,6H,1-2H3;;;/q8*-1;;;2*+3. The fourth-order valence-electron chi connectivity index (χ4n) is 11.8. The Labute approximate surface area is 769 Å². The quantitative estimate of drug-likeness (QED) is 0.0799. The molecule has 19 rings (SSSR count). The number of carbonyl (C=O) groups is 1. The summed E-state index contributed by atoms with van der Waals surface area (Å²) in [6.07, 6.45) is 15.6. The Morgan fingerprint density at radius 1 is 0.258 bits per heavy atom. The van der Waals surface area contributed by atoms with E-state index in [0.29, 0.717) is 0 Å². The van der Waals surface area contributed by atoms with Crippen molar-refractivity contribution in [2.24, 2.45) is 0 Å². The zero-order valence-corrected chi connectivity index (χ0v) is 76.5. The summed E-state index contributed by atoms with van der Waals surface area (Å²) < 4.78 is 0. The van der Waals surface area contributed by atoms with Crippen LogP contribution in [0.2, 0.25) is 0 Å². The van der Waals surface area contributed by atoms with Crippen molar-refractivity contribution in [3.63, 3.8) is 0 Å². The molecule has 1 N–H and O–H groups in total. The van der Waals surface area contributed by atoms with Gasteiger partial charge in [-0.15, -0.1) is 280 Å². The molecule has 0 aliphatic rings. The second-order valence-corrected chi connectivity index (χ2v) is 27.2. The third kappa shape index (κ3) is 31.7. The number of hydrogen-bond acceptors (Lipinski definition) is 10. The predicted molar refractivity (Wildman–Crippen MR) is 495 cm³/mol. The molecule has 0 saturated heterocycles. The number of aryl methyl sites for hydroxylation is 4. The number of benzene rings is 11. The van der Waals surface area contributed by atoms with Crippen LogP contribution in [0.3, 0.4) is 0 Å². The fraction of sp³-hybridized carbons (Fsp3) is 0.0541. The predicted octanol–water partition coefficient (Wildman–Crippen LogP) is 26.6. The van der Waals surface area contributed by atoms with E-state index in [1.54, 1.807) is 37.2 Å². The van der Waals surface area contributed by atoms with Crippen LogP contribution in [-0.4, -0.2) is 50.8 Å². The van der Waals surface area contributed by atoms with Gasteiger partial charge >= 0.3 is 40.2 Å². The summed E-state index contributed by atoms with van der Waals surface area (Å²) in [5.41, 5.74) is 23.5. The fourth-order valence-corrected chi connectivity index (χ4v) is 11.8. The summed E-state index contributed by atoms with van der Waals surface area (Å²) in [4.78, 5) is 44.4. The van der Waals surface area contributed by atoms with Gasteiger partial charge in [-0.2, -0.15) is 0 Å². The van der Waals surface area contributed by atoms with Gasteiger partial charge in [0, 0.05) is 75.8 Å². The molecular formula is C111H88Ir3N8O2-2. The minimum atomic E-state index is -0.125. The number of nitrogens with zero attached hydrogens (tertiary/aromatic N) is 8. The summed E-state index contributed by atoms with van der Waals surface area (Å²) in [6.45, 7) is 11.1. The molecule has 0 aliphatic carbocycles. The van der Waals surface area contributed by atoms with Crippen molar-refractivity contribution in [2.45, 2.75) is 41.5 Å². The van der Waals surface area contributed by atoms with E-state index in [2.05, 4.69) is 195 Å². The van der Waals surface area contributed by atoms with Gasteiger partial charge < -0.3 is 45.0 Å². The van der Waals surface area contributed by atoms with Gasteiger partial charge in [0.1, 0.15) is 0 Å². The van der Waals surface area contributed by atoms with Crippen molar-refractivity contribution in [3.8, 4) is 101 Å². The van der Waals surface area contributed by atoms with Gasteiger partial charge in [0.25, 0.3) is 0 Å². The van der Waals surface area contributed by atoms with Crippen LogP contribution >= 0.6 is 0 Å². The van der Waals surface area contributed by atoms with Gasteiger partial charge in [0.15, 0.2) is 5.78 Å². The first-order valence-corrected chi connectivity index (χ1v) is 39.3. The second-order valence-electron chi connectivity index (χ2n) is 27.2. The summed E-state index contributed by atoms with van der Waals surface area (Å²) in [5.74, 6) is -0.0625. The number of ketones is 1. The monoisotopic (exact) mass is 2140 g/mol. The van der Waals surface area contributed by atoms with Crippen LogP contribution in [0.4, 0.5) is 0 Å². The second kappa shape index (κ2) is 53.2. The van der Waals surface area contributed by atoms with Crippen LogP contribution in [-0.2, 0) is 65.1 Å². The van der Waals surface area contributed by atoms with Gasteiger partial charge in [-0.25, -0.2) is 0 Å². The zero-order chi connectivity index (χ0) is 84.3. The topological polar surface area (TPSA) is 140 Å². The maximum atomic E-state index is 10.0. The van der Waals surface area contributed by atoms with E-state index < -0.39 is 0 Å². The van der Waals surface area contributed by atoms with E-state index in [9.17, 15) is 4.79 Å². The van der Waals surface area contributed by atoms with Gasteiger partial charge in [-0.1, -0.05) is 183 Å². The van der Waals surface area contributed by atoms with Crippen LogP contribution in [0.1, 0.15) is 36.1 Å². The number of aromatic nitrogens is 8. The SMILES string of the molecule is CC(=O)C=C(C)O.Cc1c[c-]c(-c2ccccn2)cc1.Cc1c[c-]c(-c2ccccn2)cc1.Cc1c[c-]c(-c2ccccn2)cc1.Cc1ccc(-c2c[c-]c(-c3ccccn3)cc2)cc1.[Ir+3].[Ir+3].[Ir].[c-]1ccccc1-c1ccccn1.[c-]1ccccc1-c1ccccn1.[c-]1ccccc1-c1nccc2ccccc12.[c-]1ccccc1-c1nccc2ccccc12. The van der Waals surface area contributed by atoms with E-state index in [4.69, 9.17) is 5.11 Å². The van der Waals surface area contributed by atoms with Crippen LogP contribution in [0.15, 0.2) is 425 Å². The molecule has 1 radical (unpaired) electrons. The number of aliphatic hydroxyl groups excluding tert-OH is 1. The Balaban J connectivity index is 0.000000174. The molecule has 0 saturated carbocycles. The summed E-state index contributed by atoms with van der Waals surface area (Å²) in [5, 5.41) is 13.1. The molecule has 613 valence electrons. The molecule has 8 heterocycles. The minimum Gasteiger partial charge on any atom is -0.512 e. The number of allylic oxidation sites excluding steroid dienone is 2. The average Bonchev–Trinajstić information content (AvgIpc) is 0.811. The normalized spacial score (nSPS) is 9.94. The summed E-state index contributed by atoms with van der Waals surface area (Å²) in [7, 11) is 0. The Hall–Kier alpha value is -13.7. The van der Waals surface area contributed by atoms with Crippen molar-refractivity contribution >= 4 is 27.3 Å². The first-order chi connectivity index (χ1) is 59.4. The molecule has 0 amide bonds. The van der Waals surface area contributed by atoms with Crippen LogP contribution in [0.5, 0.6) is 0 Å². The third-order valence-corrected chi connectivity index (χ3v) is 17.9. The maximum absolute atomic E-state index is 10.0. The van der Waals surface area contributed by atoms with E-state index in [1.165, 1.54) is 74.8 Å². The number of rotatable bonds is 10. The first kappa shape index (κ1) is 95.8. The molecule has 0 spiro atoms. The largest absolute Gasteiger partial charge is 3.00 e. The number of pyridine rings is 8. The zero-order valence-electron chi connectivity index (χ0n) is 69.3.